The first-order valence-electron chi connectivity index (χ1n) is 8.63. The van der Waals surface area contributed by atoms with Gasteiger partial charge in [0.25, 0.3) is 0 Å². The van der Waals surface area contributed by atoms with Gasteiger partial charge in [0.2, 0.25) is 5.28 Å². The van der Waals surface area contributed by atoms with E-state index in [-0.39, 0.29) is 17.3 Å². The highest BCUT2D eigenvalue weighted by Gasteiger charge is 2.18. The summed E-state index contributed by atoms with van der Waals surface area (Å²) in [5.41, 5.74) is 2.42. The molecule has 0 aliphatic carbocycles. The summed E-state index contributed by atoms with van der Waals surface area (Å²) in [6.07, 6.45) is 1.49. The van der Waals surface area contributed by atoms with Crippen molar-refractivity contribution in [2.75, 3.05) is 0 Å². The molecule has 30 heavy (non-hydrogen) atoms. The maximum absolute atomic E-state index is 13.9. The van der Waals surface area contributed by atoms with Crippen LogP contribution < -0.4 is 0 Å². The summed E-state index contributed by atoms with van der Waals surface area (Å²) in [7, 11) is 0. The highest BCUT2D eigenvalue weighted by molar-refractivity contribution is 9.11. The summed E-state index contributed by atoms with van der Waals surface area (Å²) < 4.78 is 28.0. The van der Waals surface area contributed by atoms with Crippen LogP contribution in [0.3, 0.4) is 0 Å². The third kappa shape index (κ3) is 4.45. The number of hydrogen-bond acceptors (Lipinski definition) is 5. The quantitative estimate of drug-likeness (QED) is 0.233. The minimum absolute atomic E-state index is 0.0752. The molecule has 0 unspecified atom stereocenters. The van der Waals surface area contributed by atoms with Gasteiger partial charge in [-0.15, -0.1) is 11.3 Å². The van der Waals surface area contributed by atoms with Gasteiger partial charge in [0.05, 0.1) is 21.8 Å². The van der Waals surface area contributed by atoms with Gasteiger partial charge in [0, 0.05) is 18.2 Å². The first-order valence-corrected chi connectivity index (χ1v) is 10.6. The smallest absolute Gasteiger partial charge is 0.222 e. The number of carbonyl (C=O) groups is 1. The minimum atomic E-state index is -0.746. The zero-order valence-corrected chi connectivity index (χ0v) is 18.2. The van der Waals surface area contributed by atoms with Crippen molar-refractivity contribution >= 4 is 44.7 Å². The normalized spacial score (nSPS) is 10.9. The molecule has 2 aromatic carbocycles. The van der Waals surface area contributed by atoms with E-state index in [1.807, 2.05) is 6.07 Å². The van der Waals surface area contributed by atoms with Crippen molar-refractivity contribution in [3.63, 3.8) is 0 Å². The van der Waals surface area contributed by atoms with Crippen molar-refractivity contribution < 1.29 is 13.6 Å². The Hall–Kier alpha value is -2.55. The topological polar surface area (TPSA) is 55.7 Å². The van der Waals surface area contributed by atoms with Gasteiger partial charge >= 0.3 is 0 Å². The Morgan fingerprint density at radius 1 is 1.10 bits per heavy atom. The lowest BCUT2D eigenvalue weighted by Gasteiger charge is -2.07. The molecule has 4 rings (SSSR count). The number of ketones is 1. The summed E-state index contributed by atoms with van der Waals surface area (Å²) in [5, 5.41) is 0.124. The molecule has 0 amide bonds. The lowest BCUT2D eigenvalue weighted by atomic mass is 9.99. The zero-order valence-electron chi connectivity index (χ0n) is 15.1. The van der Waals surface area contributed by atoms with E-state index in [9.17, 15) is 13.6 Å². The van der Waals surface area contributed by atoms with Gasteiger partial charge in [-0.3, -0.25) is 4.79 Å². The van der Waals surface area contributed by atoms with E-state index in [0.29, 0.717) is 20.9 Å². The van der Waals surface area contributed by atoms with Crippen molar-refractivity contribution in [3.05, 3.63) is 86.7 Å². The average Bonchev–Trinajstić information content (AvgIpc) is 3.12. The van der Waals surface area contributed by atoms with Gasteiger partial charge in [-0.25, -0.2) is 23.7 Å². The number of rotatable bonds is 5. The Balaban J connectivity index is 1.68. The Morgan fingerprint density at radius 2 is 1.93 bits per heavy atom. The van der Waals surface area contributed by atoms with Crippen molar-refractivity contribution in [3.8, 4) is 21.8 Å². The van der Waals surface area contributed by atoms with Gasteiger partial charge in [-0.1, -0.05) is 18.2 Å². The first kappa shape index (κ1) is 20.7. The van der Waals surface area contributed by atoms with E-state index in [0.717, 1.165) is 28.6 Å². The van der Waals surface area contributed by atoms with Crippen LogP contribution in [0.2, 0.25) is 5.28 Å². The Labute approximate surface area is 187 Å². The molecule has 4 nitrogen and oxygen atoms in total. The van der Waals surface area contributed by atoms with Gasteiger partial charge in [-0.05, 0) is 63.4 Å². The largest absolute Gasteiger partial charge is 0.294 e. The highest BCUT2D eigenvalue weighted by Crippen LogP contribution is 2.38. The van der Waals surface area contributed by atoms with Crippen LogP contribution >= 0.6 is 38.9 Å². The summed E-state index contributed by atoms with van der Waals surface area (Å²) in [6.45, 7) is 0. The SMILES string of the molecule is O=C(Cc1cccc(-c2nc(Br)sc2-c2ccnc(Cl)n2)c1)c1cc(F)ccc1F. The van der Waals surface area contributed by atoms with Crippen molar-refractivity contribution in [2.24, 2.45) is 0 Å². The van der Waals surface area contributed by atoms with Crippen LogP contribution in [0.15, 0.2) is 58.6 Å². The van der Waals surface area contributed by atoms with Crippen molar-refractivity contribution in [1.29, 1.82) is 0 Å². The second kappa shape index (κ2) is 8.67. The highest BCUT2D eigenvalue weighted by atomic mass is 79.9. The molecule has 0 bridgehead atoms. The molecule has 0 saturated heterocycles. The fourth-order valence-electron chi connectivity index (χ4n) is 2.95. The monoisotopic (exact) mass is 505 g/mol. The summed E-state index contributed by atoms with van der Waals surface area (Å²) in [4.78, 5) is 26.0. The van der Waals surface area contributed by atoms with E-state index >= 15 is 0 Å². The molecule has 0 fully saturated rings. The van der Waals surface area contributed by atoms with Crippen LogP contribution in [-0.2, 0) is 6.42 Å². The Kier molecular flexibility index (Phi) is 5.99. The molecule has 150 valence electrons. The second-order valence-corrected chi connectivity index (χ2v) is 8.89. The standard InChI is InChI=1S/C21H11BrClF2N3OS/c22-20-28-18(19(30-20)16-6-7-26-21(23)27-16)12-3-1-2-11(8-12)9-17(29)14-10-13(24)4-5-15(14)25/h1-8,10H,9H2. The second-order valence-electron chi connectivity index (χ2n) is 6.28. The number of thiazole rings is 1. The molecule has 0 atom stereocenters. The molecular weight excluding hydrogens is 496 g/mol. The minimum Gasteiger partial charge on any atom is -0.294 e. The zero-order chi connectivity index (χ0) is 21.3. The third-order valence-electron chi connectivity index (χ3n) is 4.25. The van der Waals surface area contributed by atoms with E-state index in [1.165, 1.54) is 11.3 Å². The number of Topliss-reactive ketones (excluding diaryl/α,β-unsaturated/α-hetero) is 1. The number of carbonyl (C=O) groups excluding carboxylic acids is 1. The molecule has 9 heteroatoms. The number of halogens is 4. The maximum Gasteiger partial charge on any atom is 0.222 e. The number of nitrogens with zero attached hydrogens (tertiary/aromatic N) is 3. The summed E-state index contributed by atoms with van der Waals surface area (Å²) in [6, 6.07) is 11.8. The average molecular weight is 507 g/mol. The lowest BCUT2D eigenvalue weighted by Crippen LogP contribution is -2.07. The van der Waals surface area contributed by atoms with Crippen LogP contribution in [-0.4, -0.2) is 20.7 Å². The maximum atomic E-state index is 13.9. The number of benzene rings is 2. The molecule has 0 spiro atoms. The molecule has 0 saturated carbocycles. The molecule has 2 heterocycles. The van der Waals surface area contributed by atoms with Gasteiger partial charge in [0.1, 0.15) is 11.6 Å². The van der Waals surface area contributed by atoms with Gasteiger partial charge < -0.3 is 0 Å². The summed E-state index contributed by atoms with van der Waals surface area (Å²) >= 11 is 10.7. The van der Waals surface area contributed by atoms with Crippen LogP contribution in [0, 0.1) is 11.6 Å². The van der Waals surface area contributed by atoms with Crippen LogP contribution in [0.1, 0.15) is 15.9 Å². The van der Waals surface area contributed by atoms with Gasteiger partial charge in [-0.2, -0.15) is 0 Å². The van der Waals surface area contributed by atoms with Gasteiger partial charge in [0.15, 0.2) is 9.70 Å². The van der Waals surface area contributed by atoms with Crippen molar-refractivity contribution in [1.82, 2.24) is 15.0 Å². The third-order valence-corrected chi connectivity index (χ3v) is 5.97. The van der Waals surface area contributed by atoms with Crippen LogP contribution in [0.25, 0.3) is 21.8 Å². The molecule has 0 radical (unpaired) electrons. The molecule has 0 aliphatic rings. The molecular formula is C21H11BrClF2N3OS. The fourth-order valence-corrected chi connectivity index (χ4v) is 4.54. The predicted molar refractivity (Wildman–Crippen MR) is 116 cm³/mol. The number of aromatic nitrogens is 3. The lowest BCUT2D eigenvalue weighted by molar-refractivity contribution is 0.0988. The molecule has 0 N–H and O–H groups in total. The van der Waals surface area contributed by atoms with Crippen LogP contribution in [0.5, 0.6) is 0 Å². The van der Waals surface area contributed by atoms with E-state index in [1.54, 1.807) is 30.5 Å². The molecule has 2 aromatic heterocycles. The first-order chi connectivity index (χ1) is 14.4. The van der Waals surface area contributed by atoms with Crippen molar-refractivity contribution in [2.45, 2.75) is 6.42 Å². The fraction of sp³-hybridized carbons (Fsp3) is 0.0476. The van der Waals surface area contributed by atoms with E-state index in [2.05, 4.69) is 30.9 Å². The van der Waals surface area contributed by atoms with Crippen LogP contribution in [0.4, 0.5) is 8.78 Å². The van der Waals surface area contributed by atoms with E-state index < -0.39 is 17.4 Å². The summed E-state index contributed by atoms with van der Waals surface area (Å²) in [5.74, 6) is -1.91. The number of hydrogen-bond donors (Lipinski definition) is 0. The molecule has 0 aliphatic heterocycles. The molecule has 4 aromatic rings. The predicted octanol–water partition coefficient (Wildman–Crippen LogP) is 6.39. The van der Waals surface area contributed by atoms with E-state index in [4.69, 9.17) is 11.6 Å². The Bertz CT molecular complexity index is 1260. The Morgan fingerprint density at radius 3 is 2.73 bits per heavy atom.